The lowest BCUT2D eigenvalue weighted by molar-refractivity contribution is 0.913. The summed E-state index contributed by atoms with van der Waals surface area (Å²) in [6.07, 6.45) is 4.73. The molecule has 1 N–H and O–H groups in total. The molecule has 1 aromatic carbocycles. The summed E-state index contributed by atoms with van der Waals surface area (Å²) in [6.45, 7) is 0. The SMILES string of the molecule is O=c1[nH]cnc2ccc3c(c12)CCC3. The molecule has 3 nitrogen and oxygen atoms in total. The fraction of sp³-hybridized carbons (Fsp3) is 0.273. The Morgan fingerprint density at radius 1 is 1.29 bits per heavy atom. The molecule has 0 radical (unpaired) electrons. The van der Waals surface area contributed by atoms with E-state index >= 15 is 0 Å². The van der Waals surface area contributed by atoms with Gasteiger partial charge in [0, 0.05) is 0 Å². The van der Waals surface area contributed by atoms with Gasteiger partial charge < -0.3 is 4.98 Å². The molecule has 1 aliphatic carbocycles. The molecule has 3 heteroatoms. The van der Waals surface area contributed by atoms with Crippen molar-refractivity contribution in [3.8, 4) is 0 Å². The largest absolute Gasteiger partial charge is 0.313 e. The van der Waals surface area contributed by atoms with Gasteiger partial charge in [-0.1, -0.05) is 6.07 Å². The van der Waals surface area contributed by atoms with Gasteiger partial charge in [0.15, 0.2) is 0 Å². The lowest BCUT2D eigenvalue weighted by Gasteiger charge is -2.02. The number of aromatic nitrogens is 2. The summed E-state index contributed by atoms with van der Waals surface area (Å²) >= 11 is 0. The fourth-order valence-electron chi connectivity index (χ4n) is 2.25. The number of nitrogens with zero attached hydrogens (tertiary/aromatic N) is 1. The van der Waals surface area contributed by atoms with Crippen molar-refractivity contribution in [3.63, 3.8) is 0 Å². The number of nitrogens with one attached hydrogen (secondary N) is 1. The van der Waals surface area contributed by atoms with Gasteiger partial charge in [-0.15, -0.1) is 0 Å². The molecule has 0 aliphatic heterocycles. The minimum Gasteiger partial charge on any atom is -0.313 e. The molecule has 0 amide bonds. The van der Waals surface area contributed by atoms with E-state index < -0.39 is 0 Å². The van der Waals surface area contributed by atoms with Gasteiger partial charge in [0.1, 0.15) is 0 Å². The topological polar surface area (TPSA) is 45.8 Å². The third kappa shape index (κ3) is 0.923. The summed E-state index contributed by atoms with van der Waals surface area (Å²) in [5, 5.41) is 0.794. The molecule has 0 saturated heterocycles. The molecule has 1 heterocycles. The minimum atomic E-state index is -0.00579. The Morgan fingerprint density at radius 2 is 2.21 bits per heavy atom. The van der Waals surface area contributed by atoms with E-state index in [1.54, 1.807) is 0 Å². The monoisotopic (exact) mass is 186 g/mol. The van der Waals surface area contributed by atoms with Crippen LogP contribution in [0.4, 0.5) is 0 Å². The van der Waals surface area contributed by atoms with Crippen LogP contribution < -0.4 is 5.56 Å². The maximum absolute atomic E-state index is 11.6. The third-order valence-corrected chi connectivity index (χ3v) is 2.89. The van der Waals surface area contributed by atoms with Gasteiger partial charge in [-0.25, -0.2) is 4.98 Å². The Balaban J connectivity index is 2.53. The molecule has 0 saturated carbocycles. The van der Waals surface area contributed by atoms with Crippen molar-refractivity contribution in [1.82, 2.24) is 9.97 Å². The first kappa shape index (κ1) is 7.74. The van der Waals surface area contributed by atoms with Crippen molar-refractivity contribution in [3.05, 3.63) is 39.9 Å². The molecule has 0 bridgehead atoms. The highest BCUT2D eigenvalue weighted by atomic mass is 16.1. The number of H-pyrrole nitrogens is 1. The molecule has 0 atom stereocenters. The Kier molecular flexibility index (Phi) is 1.48. The highest BCUT2D eigenvalue weighted by molar-refractivity contribution is 5.82. The maximum atomic E-state index is 11.6. The van der Waals surface area contributed by atoms with E-state index in [1.165, 1.54) is 17.5 Å². The summed E-state index contributed by atoms with van der Waals surface area (Å²) in [6, 6.07) is 4.03. The van der Waals surface area contributed by atoms with Crippen LogP contribution in [0.1, 0.15) is 17.5 Å². The van der Waals surface area contributed by atoms with E-state index in [0.29, 0.717) is 0 Å². The normalized spacial score (nSPS) is 14.6. The molecule has 3 rings (SSSR count). The highest BCUT2D eigenvalue weighted by Crippen LogP contribution is 2.26. The van der Waals surface area contributed by atoms with Crippen molar-refractivity contribution in [2.24, 2.45) is 0 Å². The minimum absolute atomic E-state index is 0.00579. The zero-order valence-electron chi connectivity index (χ0n) is 7.71. The van der Waals surface area contributed by atoms with Gasteiger partial charge in [0.05, 0.1) is 17.2 Å². The number of fused-ring (bicyclic) bond motifs is 3. The Labute approximate surface area is 80.8 Å². The lowest BCUT2D eigenvalue weighted by Crippen LogP contribution is -2.08. The maximum Gasteiger partial charge on any atom is 0.258 e. The molecule has 70 valence electrons. The van der Waals surface area contributed by atoms with Crippen LogP contribution in [-0.2, 0) is 12.8 Å². The van der Waals surface area contributed by atoms with Crippen molar-refractivity contribution in [2.75, 3.05) is 0 Å². The van der Waals surface area contributed by atoms with E-state index in [0.717, 1.165) is 30.2 Å². The Morgan fingerprint density at radius 3 is 3.14 bits per heavy atom. The second-order valence-corrected chi connectivity index (χ2v) is 3.68. The first-order chi connectivity index (χ1) is 6.86. The molecular weight excluding hydrogens is 176 g/mol. The van der Waals surface area contributed by atoms with E-state index in [9.17, 15) is 4.79 Å². The van der Waals surface area contributed by atoms with Crippen LogP contribution in [-0.4, -0.2) is 9.97 Å². The number of hydrogen-bond donors (Lipinski definition) is 1. The molecule has 1 aromatic heterocycles. The standard InChI is InChI=1S/C11H10N2O/c14-11-10-8-3-1-2-7(8)4-5-9(10)12-6-13-11/h4-6H,1-3H2,(H,12,13,14). The molecule has 0 unspecified atom stereocenters. The van der Waals surface area contributed by atoms with Gasteiger partial charge in [0.25, 0.3) is 5.56 Å². The van der Waals surface area contributed by atoms with Crippen molar-refractivity contribution < 1.29 is 0 Å². The summed E-state index contributed by atoms with van der Waals surface area (Å²) in [7, 11) is 0. The lowest BCUT2D eigenvalue weighted by atomic mass is 10.1. The van der Waals surface area contributed by atoms with Crippen LogP contribution in [0, 0.1) is 0 Å². The van der Waals surface area contributed by atoms with Crippen molar-refractivity contribution >= 4 is 10.9 Å². The van der Waals surface area contributed by atoms with Crippen LogP contribution in [0.25, 0.3) is 10.9 Å². The van der Waals surface area contributed by atoms with Crippen molar-refractivity contribution in [2.45, 2.75) is 19.3 Å². The van der Waals surface area contributed by atoms with Crippen LogP contribution >= 0.6 is 0 Å². The molecule has 1 aliphatic rings. The summed E-state index contributed by atoms with van der Waals surface area (Å²) < 4.78 is 0. The number of benzene rings is 1. The Bertz CT molecular complexity index is 557. The third-order valence-electron chi connectivity index (χ3n) is 2.89. The van der Waals surface area contributed by atoms with Gasteiger partial charge in [0.2, 0.25) is 0 Å². The zero-order chi connectivity index (χ0) is 9.54. The predicted molar refractivity (Wildman–Crippen MR) is 54.4 cm³/mol. The average molecular weight is 186 g/mol. The second kappa shape index (κ2) is 2.67. The summed E-state index contributed by atoms with van der Waals surface area (Å²) in [4.78, 5) is 18.4. The molecule has 0 spiro atoms. The molecule has 14 heavy (non-hydrogen) atoms. The average Bonchev–Trinajstić information content (AvgIpc) is 2.65. The van der Waals surface area contributed by atoms with Gasteiger partial charge in [-0.2, -0.15) is 0 Å². The quantitative estimate of drug-likeness (QED) is 0.676. The van der Waals surface area contributed by atoms with Crippen LogP contribution in [0.3, 0.4) is 0 Å². The van der Waals surface area contributed by atoms with Gasteiger partial charge in [-0.3, -0.25) is 4.79 Å². The molecular formula is C11H10N2O. The molecule has 2 aromatic rings. The second-order valence-electron chi connectivity index (χ2n) is 3.68. The fourth-order valence-corrected chi connectivity index (χ4v) is 2.25. The number of aryl methyl sites for hydroxylation is 2. The van der Waals surface area contributed by atoms with E-state index in [2.05, 4.69) is 16.0 Å². The zero-order valence-corrected chi connectivity index (χ0v) is 7.71. The smallest absolute Gasteiger partial charge is 0.258 e. The highest BCUT2D eigenvalue weighted by Gasteiger charge is 2.15. The first-order valence-corrected chi connectivity index (χ1v) is 4.84. The van der Waals surface area contributed by atoms with Crippen molar-refractivity contribution in [1.29, 1.82) is 0 Å². The van der Waals surface area contributed by atoms with Crippen LogP contribution in [0.2, 0.25) is 0 Å². The first-order valence-electron chi connectivity index (χ1n) is 4.84. The number of hydrogen-bond acceptors (Lipinski definition) is 2. The van der Waals surface area contributed by atoms with Gasteiger partial charge in [-0.05, 0) is 36.5 Å². The van der Waals surface area contributed by atoms with Gasteiger partial charge >= 0.3 is 0 Å². The number of aromatic amines is 1. The molecule has 0 fully saturated rings. The van der Waals surface area contributed by atoms with E-state index in [1.807, 2.05) is 6.07 Å². The Hall–Kier alpha value is -1.64. The summed E-state index contributed by atoms with van der Waals surface area (Å²) in [5.41, 5.74) is 3.33. The van der Waals surface area contributed by atoms with Crippen LogP contribution in [0.15, 0.2) is 23.3 Å². The van der Waals surface area contributed by atoms with E-state index in [-0.39, 0.29) is 5.56 Å². The van der Waals surface area contributed by atoms with E-state index in [4.69, 9.17) is 0 Å². The number of rotatable bonds is 0. The predicted octanol–water partition coefficient (Wildman–Crippen LogP) is 1.41. The van der Waals surface area contributed by atoms with Crippen LogP contribution in [0.5, 0.6) is 0 Å². The summed E-state index contributed by atoms with van der Waals surface area (Å²) in [5.74, 6) is 0.